The highest BCUT2D eigenvalue weighted by atomic mass is 35.5. The molecule has 0 radical (unpaired) electrons. The van der Waals surface area contributed by atoms with E-state index in [0.717, 1.165) is 6.07 Å². The van der Waals surface area contributed by atoms with Crippen LogP contribution in [0.25, 0.3) is 0 Å². The highest BCUT2D eigenvalue weighted by Gasteiger charge is 2.19. The second-order valence-electron chi connectivity index (χ2n) is 5.07. The summed E-state index contributed by atoms with van der Waals surface area (Å²) in [6, 6.07) is 11.8. The van der Waals surface area contributed by atoms with Crippen LogP contribution in [0.15, 0.2) is 58.2 Å². The summed E-state index contributed by atoms with van der Waals surface area (Å²) in [6.07, 6.45) is 2.51. The standard InChI is InChI=1S/C17H9ClN4O4S/c18-15-8-13(2-1-11(15)9-19)26-16-4-3-14(7-12(16)10-20)27(23,24)22-17-21-5-6-25-17/h1-8H,(H,21,22). The number of ether oxygens (including phenoxy) is 1. The zero-order valence-corrected chi connectivity index (χ0v) is 15.0. The van der Waals surface area contributed by atoms with Crippen molar-refractivity contribution in [2.24, 2.45) is 0 Å². The number of oxazole rings is 1. The molecular weight excluding hydrogens is 392 g/mol. The molecule has 0 aliphatic heterocycles. The zero-order valence-electron chi connectivity index (χ0n) is 13.4. The summed E-state index contributed by atoms with van der Waals surface area (Å²) in [6.45, 7) is 0. The molecule has 3 rings (SSSR count). The molecule has 134 valence electrons. The minimum absolute atomic E-state index is 0.00855. The maximum absolute atomic E-state index is 12.3. The normalized spacial score (nSPS) is 10.6. The first-order valence-electron chi connectivity index (χ1n) is 7.27. The van der Waals surface area contributed by atoms with E-state index in [0.29, 0.717) is 5.75 Å². The van der Waals surface area contributed by atoms with Gasteiger partial charge in [0.1, 0.15) is 29.9 Å². The molecule has 27 heavy (non-hydrogen) atoms. The highest BCUT2D eigenvalue weighted by molar-refractivity contribution is 7.92. The van der Waals surface area contributed by atoms with E-state index >= 15 is 0 Å². The lowest BCUT2D eigenvalue weighted by molar-refractivity contribution is 0.480. The van der Waals surface area contributed by atoms with Gasteiger partial charge in [0.2, 0.25) is 0 Å². The van der Waals surface area contributed by atoms with Gasteiger partial charge in [0.15, 0.2) is 0 Å². The van der Waals surface area contributed by atoms with Crippen LogP contribution < -0.4 is 9.46 Å². The van der Waals surface area contributed by atoms with Gasteiger partial charge in [-0.05, 0) is 30.3 Å². The van der Waals surface area contributed by atoms with E-state index in [-0.39, 0.29) is 32.8 Å². The van der Waals surface area contributed by atoms with Gasteiger partial charge < -0.3 is 9.15 Å². The topological polar surface area (TPSA) is 129 Å². The fourth-order valence-electron chi connectivity index (χ4n) is 2.08. The van der Waals surface area contributed by atoms with Crippen molar-refractivity contribution in [3.63, 3.8) is 0 Å². The predicted molar refractivity (Wildman–Crippen MR) is 94.7 cm³/mol. The molecular formula is C17H9ClN4O4S. The van der Waals surface area contributed by atoms with Crippen molar-refractivity contribution in [2.75, 3.05) is 4.72 Å². The van der Waals surface area contributed by atoms with Gasteiger partial charge in [-0.2, -0.15) is 10.5 Å². The van der Waals surface area contributed by atoms with Crippen molar-refractivity contribution in [3.8, 4) is 23.6 Å². The lowest BCUT2D eigenvalue weighted by Crippen LogP contribution is -2.13. The molecule has 3 aromatic rings. The highest BCUT2D eigenvalue weighted by Crippen LogP contribution is 2.30. The van der Waals surface area contributed by atoms with Crippen LogP contribution >= 0.6 is 11.6 Å². The molecule has 10 heteroatoms. The van der Waals surface area contributed by atoms with Gasteiger partial charge >= 0.3 is 6.01 Å². The number of anilines is 1. The smallest absolute Gasteiger partial charge is 0.308 e. The third kappa shape index (κ3) is 4.01. The fourth-order valence-corrected chi connectivity index (χ4v) is 3.26. The third-order valence-electron chi connectivity index (χ3n) is 3.32. The molecule has 0 saturated heterocycles. The minimum atomic E-state index is -3.99. The fraction of sp³-hybridized carbons (Fsp3) is 0. The molecule has 0 unspecified atom stereocenters. The van der Waals surface area contributed by atoms with Gasteiger partial charge in [-0.15, -0.1) is 0 Å². The SMILES string of the molecule is N#Cc1ccc(Oc2ccc(S(=O)(=O)Nc3ncco3)cc2C#N)cc1Cl. The van der Waals surface area contributed by atoms with Crippen molar-refractivity contribution in [2.45, 2.75) is 4.90 Å². The van der Waals surface area contributed by atoms with Crippen molar-refractivity contribution in [1.29, 1.82) is 10.5 Å². The molecule has 1 N–H and O–H groups in total. The maximum Gasteiger partial charge on any atom is 0.308 e. The van der Waals surface area contributed by atoms with Gasteiger partial charge in [-0.1, -0.05) is 11.6 Å². The molecule has 0 aliphatic rings. The van der Waals surface area contributed by atoms with E-state index in [1.54, 1.807) is 0 Å². The number of benzene rings is 2. The first-order valence-corrected chi connectivity index (χ1v) is 9.13. The second-order valence-corrected chi connectivity index (χ2v) is 7.16. The van der Waals surface area contributed by atoms with Crippen LogP contribution in [0.4, 0.5) is 6.01 Å². The van der Waals surface area contributed by atoms with Gasteiger partial charge in [0.05, 0.1) is 27.2 Å². The molecule has 1 heterocycles. The Balaban J connectivity index is 1.90. The average molecular weight is 401 g/mol. The summed E-state index contributed by atoms with van der Waals surface area (Å²) in [5, 5.41) is 18.4. The molecule has 0 atom stereocenters. The summed E-state index contributed by atoms with van der Waals surface area (Å²) in [5.74, 6) is 0.428. The van der Waals surface area contributed by atoms with Crippen LogP contribution in [-0.2, 0) is 10.0 Å². The number of aromatic nitrogens is 1. The summed E-state index contributed by atoms with van der Waals surface area (Å²) >= 11 is 5.95. The number of hydrogen-bond donors (Lipinski definition) is 1. The van der Waals surface area contributed by atoms with Crippen LogP contribution in [0.2, 0.25) is 5.02 Å². The minimum Gasteiger partial charge on any atom is -0.456 e. The molecule has 0 fully saturated rings. The number of nitriles is 2. The Bertz CT molecular complexity index is 1180. The Kier molecular flexibility index (Phi) is 4.99. The Labute approximate surface area is 159 Å². The number of hydrogen-bond acceptors (Lipinski definition) is 7. The summed E-state index contributed by atoms with van der Waals surface area (Å²) in [5.41, 5.74) is 0.273. The molecule has 8 nitrogen and oxygen atoms in total. The number of nitrogens with one attached hydrogen (secondary N) is 1. The average Bonchev–Trinajstić information content (AvgIpc) is 3.14. The lowest BCUT2D eigenvalue weighted by Gasteiger charge is -2.10. The Morgan fingerprint density at radius 3 is 2.52 bits per heavy atom. The quantitative estimate of drug-likeness (QED) is 0.691. The number of nitrogens with zero attached hydrogens (tertiary/aromatic N) is 3. The van der Waals surface area contributed by atoms with Crippen LogP contribution in [0.1, 0.15) is 11.1 Å². The summed E-state index contributed by atoms with van der Waals surface area (Å²) < 4.78 is 37.3. The lowest BCUT2D eigenvalue weighted by atomic mass is 10.2. The molecule has 0 spiro atoms. The Morgan fingerprint density at radius 1 is 1.11 bits per heavy atom. The maximum atomic E-state index is 12.3. The second kappa shape index (κ2) is 7.38. The van der Waals surface area contributed by atoms with E-state index in [2.05, 4.69) is 9.71 Å². The number of rotatable bonds is 5. The van der Waals surface area contributed by atoms with E-state index < -0.39 is 10.0 Å². The monoisotopic (exact) mass is 400 g/mol. The first kappa shape index (κ1) is 18.3. The first-order chi connectivity index (χ1) is 12.9. The van der Waals surface area contributed by atoms with Crippen molar-refractivity contribution >= 4 is 27.6 Å². The predicted octanol–water partition coefficient (Wildman–Crippen LogP) is 3.66. The number of halogens is 1. The Morgan fingerprint density at radius 2 is 1.89 bits per heavy atom. The largest absolute Gasteiger partial charge is 0.456 e. The Hall–Kier alpha value is -3.53. The van der Waals surface area contributed by atoms with E-state index in [1.807, 2.05) is 12.1 Å². The summed E-state index contributed by atoms with van der Waals surface area (Å²) in [4.78, 5) is 3.52. The van der Waals surface area contributed by atoms with Crippen LogP contribution in [0, 0.1) is 22.7 Å². The van der Waals surface area contributed by atoms with Crippen LogP contribution in [0.5, 0.6) is 11.5 Å². The molecule has 0 saturated carbocycles. The van der Waals surface area contributed by atoms with Gasteiger partial charge in [0, 0.05) is 6.07 Å². The third-order valence-corrected chi connectivity index (χ3v) is 4.96. The van der Waals surface area contributed by atoms with Crippen molar-refractivity contribution in [1.82, 2.24) is 4.98 Å². The van der Waals surface area contributed by atoms with E-state index in [9.17, 15) is 13.7 Å². The van der Waals surface area contributed by atoms with E-state index in [4.69, 9.17) is 26.0 Å². The summed E-state index contributed by atoms with van der Waals surface area (Å²) in [7, 11) is -3.99. The van der Waals surface area contributed by atoms with Crippen LogP contribution in [0.3, 0.4) is 0 Å². The van der Waals surface area contributed by atoms with Crippen molar-refractivity contribution in [3.05, 3.63) is 65.0 Å². The van der Waals surface area contributed by atoms with Gasteiger partial charge in [-0.25, -0.2) is 18.1 Å². The van der Waals surface area contributed by atoms with E-state index in [1.165, 1.54) is 42.8 Å². The molecule has 0 bridgehead atoms. The number of sulfonamides is 1. The van der Waals surface area contributed by atoms with Crippen LogP contribution in [-0.4, -0.2) is 13.4 Å². The zero-order chi connectivity index (χ0) is 19.4. The molecule has 1 aromatic heterocycles. The molecule has 0 aliphatic carbocycles. The molecule has 0 amide bonds. The molecule has 2 aromatic carbocycles. The van der Waals surface area contributed by atoms with Crippen molar-refractivity contribution < 1.29 is 17.6 Å². The van der Waals surface area contributed by atoms with Gasteiger partial charge in [-0.3, -0.25) is 0 Å². The van der Waals surface area contributed by atoms with Gasteiger partial charge in [0.25, 0.3) is 10.0 Å².